The second kappa shape index (κ2) is 3.99. The molecular weight excluding hydrogens is 230 g/mol. The molecule has 6 nitrogen and oxygen atoms in total. The largest absolute Gasteiger partial charge is 0.508 e. The molecule has 2 heterocycles. The fraction of sp³-hybridized carbons (Fsp3) is 0.0833. The number of phenols is 1. The number of nitrogens with zero attached hydrogens (tertiary/aromatic N) is 3. The van der Waals surface area contributed by atoms with E-state index >= 15 is 0 Å². The average molecular weight is 241 g/mol. The summed E-state index contributed by atoms with van der Waals surface area (Å²) in [5, 5.41) is 9.44. The maximum Gasteiger partial charge on any atom is 0.222 e. The Kier molecular flexibility index (Phi) is 2.33. The molecule has 0 saturated heterocycles. The molecule has 0 spiro atoms. The maximum absolute atomic E-state index is 9.44. The molecule has 3 rings (SSSR count). The first kappa shape index (κ1) is 10.5. The summed E-state index contributed by atoms with van der Waals surface area (Å²) in [6.07, 6.45) is 2.10. The van der Waals surface area contributed by atoms with E-state index in [9.17, 15) is 5.11 Å². The van der Waals surface area contributed by atoms with Gasteiger partial charge < -0.3 is 15.8 Å². The number of imidazole rings is 1. The Bertz CT molecular complexity index is 707. The number of H-pyrrole nitrogens is 1. The molecule has 0 bridgehead atoms. The van der Waals surface area contributed by atoms with Gasteiger partial charge in [0.25, 0.3) is 0 Å². The topological polar surface area (TPSA) is 101 Å². The van der Waals surface area contributed by atoms with Crippen LogP contribution in [0, 0.1) is 0 Å². The van der Waals surface area contributed by atoms with Gasteiger partial charge in [-0.15, -0.1) is 0 Å². The summed E-state index contributed by atoms with van der Waals surface area (Å²) in [5.41, 5.74) is 8.65. The van der Waals surface area contributed by atoms with Crippen LogP contribution in [0.1, 0.15) is 11.3 Å². The first-order valence-corrected chi connectivity index (χ1v) is 5.46. The quantitative estimate of drug-likeness (QED) is 0.626. The van der Waals surface area contributed by atoms with E-state index in [0.717, 1.165) is 11.3 Å². The van der Waals surface area contributed by atoms with E-state index in [1.807, 2.05) is 6.07 Å². The van der Waals surface area contributed by atoms with E-state index in [1.165, 1.54) is 0 Å². The van der Waals surface area contributed by atoms with Crippen molar-refractivity contribution in [2.75, 3.05) is 5.73 Å². The average Bonchev–Trinajstić information content (AvgIpc) is 2.77. The Hall–Kier alpha value is -2.63. The minimum Gasteiger partial charge on any atom is -0.508 e. The fourth-order valence-electron chi connectivity index (χ4n) is 1.90. The highest BCUT2D eigenvalue weighted by Gasteiger charge is 2.09. The normalized spacial score (nSPS) is 10.9. The maximum atomic E-state index is 9.44. The molecule has 4 N–H and O–H groups in total. The van der Waals surface area contributed by atoms with Crippen molar-refractivity contribution in [2.24, 2.45) is 0 Å². The molecule has 18 heavy (non-hydrogen) atoms. The lowest BCUT2D eigenvalue weighted by Gasteiger charge is -2.03. The number of fused-ring (bicyclic) bond motifs is 1. The predicted octanol–water partition coefficient (Wildman–Crippen LogP) is 1.23. The summed E-state index contributed by atoms with van der Waals surface area (Å²) < 4.78 is 0. The second-order valence-corrected chi connectivity index (χ2v) is 3.97. The number of aromatic amines is 1. The Balaban J connectivity index is 2.06. The lowest BCUT2D eigenvalue weighted by molar-refractivity contribution is 0.474. The standard InChI is InChI=1S/C12H11N5O/c13-12-16-9(10-11(17-12)15-6-14-10)5-7-2-1-3-8(18)4-7/h1-4,6,18H,5H2,(H3,13,14,15,16,17). The number of benzene rings is 1. The Morgan fingerprint density at radius 3 is 3.00 bits per heavy atom. The van der Waals surface area contributed by atoms with Crippen molar-refractivity contribution in [3.05, 3.63) is 41.9 Å². The van der Waals surface area contributed by atoms with E-state index in [2.05, 4.69) is 19.9 Å². The Labute approximate surface area is 103 Å². The SMILES string of the molecule is Nc1nc(Cc2cccc(O)c2)c2nc[nH]c2n1. The number of hydrogen-bond acceptors (Lipinski definition) is 5. The highest BCUT2D eigenvalue weighted by atomic mass is 16.3. The molecule has 6 heteroatoms. The van der Waals surface area contributed by atoms with Crippen LogP contribution in [0.15, 0.2) is 30.6 Å². The Morgan fingerprint density at radius 1 is 1.28 bits per heavy atom. The molecule has 0 atom stereocenters. The summed E-state index contributed by atoms with van der Waals surface area (Å²) in [5.74, 6) is 0.440. The number of nitrogens with two attached hydrogens (primary N) is 1. The predicted molar refractivity (Wildman–Crippen MR) is 67.0 cm³/mol. The second-order valence-electron chi connectivity index (χ2n) is 3.97. The molecule has 0 amide bonds. The van der Waals surface area contributed by atoms with Gasteiger partial charge in [-0.3, -0.25) is 0 Å². The number of rotatable bonds is 2. The number of aromatic nitrogens is 4. The van der Waals surface area contributed by atoms with Gasteiger partial charge in [-0.1, -0.05) is 12.1 Å². The lowest BCUT2D eigenvalue weighted by atomic mass is 10.1. The Morgan fingerprint density at radius 2 is 2.17 bits per heavy atom. The zero-order valence-electron chi connectivity index (χ0n) is 9.46. The van der Waals surface area contributed by atoms with Crippen LogP contribution in [-0.2, 0) is 6.42 Å². The van der Waals surface area contributed by atoms with Crippen LogP contribution in [-0.4, -0.2) is 25.0 Å². The molecule has 0 unspecified atom stereocenters. The molecule has 3 aromatic rings. The van der Waals surface area contributed by atoms with Crippen molar-refractivity contribution in [1.29, 1.82) is 0 Å². The number of nitrogens with one attached hydrogen (secondary N) is 1. The molecule has 1 aromatic carbocycles. The van der Waals surface area contributed by atoms with Gasteiger partial charge in [0.05, 0.1) is 12.0 Å². The highest BCUT2D eigenvalue weighted by Crippen LogP contribution is 2.18. The lowest BCUT2D eigenvalue weighted by Crippen LogP contribution is -2.01. The zero-order chi connectivity index (χ0) is 12.5. The smallest absolute Gasteiger partial charge is 0.222 e. The van der Waals surface area contributed by atoms with Crippen LogP contribution in [0.25, 0.3) is 11.2 Å². The van der Waals surface area contributed by atoms with Crippen molar-refractivity contribution in [3.8, 4) is 5.75 Å². The summed E-state index contributed by atoms with van der Waals surface area (Å²) in [7, 11) is 0. The molecule has 0 saturated carbocycles. The van der Waals surface area contributed by atoms with Gasteiger partial charge in [-0.05, 0) is 17.7 Å². The molecule has 0 aliphatic rings. The van der Waals surface area contributed by atoms with Gasteiger partial charge in [-0.25, -0.2) is 9.97 Å². The first-order valence-electron chi connectivity index (χ1n) is 5.46. The van der Waals surface area contributed by atoms with Crippen molar-refractivity contribution in [1.82, 2.24) is 19.9 Å². The number of hydrogen-bond donors (Lipinski definition) is 3. The molecule has 0 radical (unpaired) electrons. The number of aromatic hydroxyl groups is 1. The number of phenolic OH excluding ortho intramolecular Hbond substituents is 1. The van der Waals surface area contributed by atoms with E-state index in [1.54, 1.807) is 24.5 Å². The third kappa shape index (κ3) is 1.84. The third-order valence-electron chi connectivity index (χ3n) is 2.65. The van der Waals surface area contributed by atoms with Gasteiger partial charge in [0.2, 0.25) is 5.95 Å². The molecule has 0 fully saturated rings. The van der Waals surface area contributed by atoms with Crippen LogP contribution in [0.2, 0.25) is 0 Å². The molecular formula is C12H11N5O. The monoisotopic (exact) mass is 241 g/mol. The van der Waals surface area contributed by atoms with Gasteiger partial charge in [-0.2, -0.15) is 4.98 Å². The van der Waals surface area contributed by atoms with E-state index in [0.29, 0.717) is 17.6 Å². The molecule has 90 valence electrons. The van der Waals surface area contributed by atoms with Crippen LogP contribution >= 0.6 is 0 Å². The van der Waals surface area contributed by atoms with Gasteiger partial charge in [0.15, 0.2) is 5.65 Å². The highest BCUT2D eigenvalue weighted by molar-refractivity contribution is 5.74. The minimum atomic E-state index is 0.210. The van der Waals surface area contributed by atoms with Crippen LogP contribution < -0.4 is 5.73 Å². The van der Waals surface area contributed by atoms with Crippen molar-refractivity contribution >= 4 is 17.1 Å². The van der Waals surface area contributed by atoms with Gasteiger partial charge in [0.1, 0.15) is 11.3 Å². The summed E-state index contributed by atoms with van der Waals surface area (Å²) in [6.45, 7) is 0. The third-order valence-corrected chi connectivity index (χ3v) is 2.65. The van der Waals surface area contributed by atoms with E-state index in [-0.39, 0.29) is 11.7 Å². The number of anilines is 1. The van der Waals surface area contributed by atoms with Gasteiger partial charge >= 0.3 is 0 Å². The van der Waals surface area contributed by atoms with E-state index < -0.39 is 0 Å². The molecule has 0 aliphatic heterocycles. The fourth-order valence-corrected chi connectivity index (χ4v) is 1.90. The van der Waals surface area contributed by atoms with Crippen molar-refractivity contribution in [3.63, 3.8) is 0 Å². The number of nitrogen functional groups attached to an aromatic ring is 1. The summed E-state index contributed by atoms with van der Waals surface area (Å²) >= 11 is 0. The van der Waals surface area contributed by atoms with Crippen LogP contribution in [0.4, 0.5) is 5.95 Å². The van der Waals surface area contributed by atoms with Crippen LogP contribution in [0.5, 0.6) is 5.75 Å². The zero-order valence-corrected chi connectivity index (χ0v) is 9.46. The van der Waals surface area contributed by atoms with Crippen molar-refractivity contribution < 1.29 is 5.11 Å². The molecule has 0 aliphatic carbocycles. The van der Waals surface area contributed by atoms with Crippen molar-refractivity contribution in [2.45, 2.75) is 6.42 Å². The minimum absolute atomic E-state index is 0.210. The first-order chi connectivity index (χ1) is 8.72. The molecule has 2 aromatic heterocycles. The summed E-state index contributed by atoms with van der Waals surface area (Å²) in [4.78, 5) is 15.3. The van der Waals surface area contributed by atoms with Gasteiger partial charge in [0, 0.05) is 6.42 Å². The van der Waals surface area contributed by atoms with Crippen LogP contribution in [0.3, 0.4) is 0 Å². The van der Waals surface area contributed by atoms with E-state index in [4.69, 9.17) is 5.73 Å². The summed E-state index contributed by atoms with van der Waals surface area (Å²) in [6, 6.07) is 7.02.